The molecule has 32 heavy (non-hydrogen) atoms. The van der Waals surface area contributed by atoms with E-state index in [0.717, 1.165) is 32.1 Å². The van der Waals surface area contributed by atoms with Crippen LogP contribution in [0.2, 0.25) is 0 Å². The molecule has 0 saturated carbocycles. The van der Waals surface area contributed by atoms with Crippen molar-refractivity contribution in [1.82, 2.24) is 0 Å². The predicted molar refractivity (Wildman–Crippen MR) is 139 cm³/mol. The van der Waals surface area contributed by atoms with Crippen LogP contribution in [0.15, 0.2) is 66.7 Å². The summed E-state index contributed by atoms with van der Waals surface area (Å²) in [5.74, 6) is 0. The molecule has 0 saturated heterocycles. The largest absolute Gasteiger partial charge is 0.396 e. The molecule has 0 aromatic heterocycles. The second-order valence-electron chi connectivity index (χ2n) is 8.96. The summed E-state index contributed by atoms with van der Waals surface area (Å²) in [4.78, 5) is 0. The molecule has 3 rings (SSSR count). The maximum absolute atomic E-state index is 8.96. The van der Waals surface area contributed by atoms with E-state index < -0.39 is 0 Å². The number of benzene rings is 3. The molecule has 0 aliphatic heterocycles. The third-order valence-electron chi connectivity index (χ3n) is 6.48. The number of aliphatic hydroxyl groups is 1. The zero-order chi connectivity index (χ0) is 22.6. The van der Waals surface area contributed by atoms with E-state index in [0.29, 0.717) is 6.61 Å². The summed E-state index contributed by atoms with van der Waals surface area (Å²) in [6, 6.07) is 25.1. The summed E-state index contributed by atoms with van der Waals surface area (Å²) in [5.41, 5.74) is 9.50. The molecule has 1 nitrogen and oxygen atoms in total. The van der Waals surface area contributed by atoms with Gasteiger partial charge in [0.15, 0.2) is 0 Å². The number of rotatable bonds is 13. The third kappa shape index (κ3) is 7.07. The van der Waals surface area contributed by atoms with Crippen molar-refractivity contribution in [1.29, 1.82) is 0 Å². The number of unbranched alkanes of at least 4 members (excludes halogenated alkanes) is 5. The summed E-state index contributed by atoms with van der Waals surface area (Å²) in [5, 5.41) is 8.96. The first kappa shape index (κ1) is 24.3. The van der Waals surface area contributed by atoms with Gasteiger partial charge in [-0.3, -0.25) is 0 Å². The van der Waals surface area contributed by atoms with Gasteiger partial charge < -0.3 is 5.11 Å². The Labute approximate surface area is 195 Å². The number of hydrogen-bond acceptors (Lipinski definition) is 1. The van der Waals surface area contributed by atoms with Crippen LogP contribution in [-0.2, 0) is 19.3 Å². The van der Waals surface area contributed by atoms with E-state index in [1.165, 1.54) is 71.0 Å². The van der Waals surface area contributed by atoms with Gasteiger partial charge in [-0.2, -0.15) is 0 Å². The molecule has 0 amide bonds. The lowest BCUT2D eigenvalue weighted by Gasteiger charge is -2.12. The van der Waals surface area contributed by atoms with Gasteiger partial charge in [0.05, 0.1) is 0 Å². The van der Waals surface area contributed by atoms with Crippen LogP contribution in [0.5, 0.6) is 0 Å². The second-order valence-corrected chi connectivity index (χ2v) is 8.96. The van der Waals surface area contributed by atoms with Crippen LogP contribution in [0, 0.1) is 0 Å². The molecule has 170 valence electrons. The van der Waals surface area contributed by atoms with Crippen molar-refractivity contribution >= 4 is 0 Å². The Hall–Kier alpha value is -2.38. The summed E-state index contributed by atoms with van der Waals surface area (Å²) in [7, 11) is 0. The molecule has 3 aromatic rings. The van der Waals surface area contributed by atoms with Gasteiger partial charge in [-0.25, -0.2) is 0 Å². The molecule has 1 heteroatoms. The molecule has 0 radical (unpaired) electrons. The van der Waals surface area contributed by atoms with Gasteiger partial charge >= 0.3 is 0 Å². The highest BCUT2D eigenvalue weighted by Gasteiger charge is 2.07. The Morgan fingerprint density at radius 2 is 1.12 bits per heavy atom. The normalized spacial score (nSPS) is 11.1. The molecule has 0 bridgehead atoms. The molecule has 0 aliphatic carbocycles. The lowest BCUT2D eigenvalue weighted by Crippen LogP contribution is -1.93. The summed E-state index contributed by atoms with van der Waals surface area (Å²) < 4.78 is 0. The topological polar surface area (TPSA) is 20.2 Å². The minimum atomic E-state index is 0.304. The SMILES string of the molecule is CCCCCCc1ccc(-c2ccc(-c3ccc(CCCCCO)cc3CC)cc2)cc1. The smallest absolute Gasteiger partial charge is 0.0431 e. The minimum Gasteiger partial charge on any atom is -0.396 e. The first-order valence-electron chi connectivity index (χ1n) is 12.7. The zero-order valence-corrected chi connectivity index (χ0v) is 20.1. The van der Waals surface area contributed by atoms with Crippen LogP contribution in [-0.4, -0.2) is 11.7 Å². The van der Waals surface area contributed by atoms with Crippen LogP contribution in [0.4, 0.5) is 0 Å². The van der Waals surface area contributed by atoms with E-state index in [1.807, 2.05) is 0 Å². The quantitative estimate of drug-likeness (QED) is 0.271. The molecule has 1 N–H and O–H groups in total. The van der Waals surface area contributed by atoms with E-state index in [4.69, 9.17) is 5.11 Å². The van der Waals surface area contributed by atoms with Crippen LogP contribution < -0.4 is 0 Å². The minimum absolute atomic E-state index is 0.304. The first-order chi connectivity index (χ1) is 15.7. The Kier molecular flexibility index (Phi) is 10.0. The van der Waals surface area contributed by atoms with Crippen molar-refractivity contribution < 1.29 is 5.11 Å². The van der Waals surface area contributed by atoms with E-state index in [9.17, 15) is 0 Å². The van der Waals surface area contributed by atoms with Crippen LogP contribution in [0.1, 0.15) is 75.5 Å². The third-order valence-corrected chi connectivity index (χ3v) is 6.48. The molecule has 0 atom stereocenters. The fraction of sp³-hybridized carbons (Fsp3) is 0.419. The summed E-state index contributed by atoms with van der Waals surface area (Å²) >= 11 is 0. The van der Waals surface area contributed by atoms with Gasteiger partial charge in [0, 0.05) is 6.61 Å². The number of aliphatic hydroxyl groups excluding tert-OH is 1. The van der Waals surface area contributed by atoms with Crippen molar-refractivity contribution in [3.8, 4) is 22.3 Å². The summed E-state index contributed by atoms with van der Waals surface area (Å²) in [6.07, 6.45) is 11.8. The van der Waals surface area contributed by atoms with Crippen molar-refractivity contribution in [3.63, 3.8) is 0 Å². The molecular formula is C31H40O. The van der Waals surface area contributed by atoms with E-state index in [1.54, 1.807) is 0 Å². The first-order valence-corrected chi connectivity index (χ1v) is 12.7. The Bertz CT molecular complexity index is 922. The Morgan fingerprint density at radius 3 is 1.75 bits per heavy atom. The van der Waals surface area contributed by atoms with Gasteiger partial charge in [0.25, 0.3) is 0 Å². The molecule has 0 fully saturated rings. The van der Waals surface area contributed by atoms with E-state index in [-0.39, 0.29) is 0 Å². The van der Waals surface area contributed by atoms with Gasteiger partial charge in [-0.1, -0.05) is 106 Å². The highest BCUT2D eigenvalue weighted by Crippen LogP contribution is 2.29. The molecule has 0 unspecified atom stereocenters. The fourth-order valence-corrected chi connectivity index (χ4v) is 4.46. The number of aryl methyl sites for hydroxylation is 3. The predicted octanol–water partition coefficient (Wildman–Crippen LogP) is 8.41. The van der Waals surface area contributed by atoms with E-state index in [2.05, 4.69) is 80.6 Å². The van der Waals surface area contributed by atoms with Gasteiger partial charge in [-0.05, 0) is 77.5 Å². The lowest BCUT2D eigenvalue weighted by molar-refractivity contribution is 0.283. The molecule has 0 spiro atoms. The number of hydrogen-bond donors (Lipinski definition) is 1. The highest BCUT2D eigenvalue weighted by atomic mass is 16.2. The summed E-state index contributed by atoms with van der Waals surface area (Å²) in [6.45, 7) is 4.81. The van der Waals surface area contributed by atoms with Crippen molar-refractivity contribution in [2.24, 2.45) is 0 Å². The van der Waals surface area contributed by atoms with E-state index >= 15 is 0 Å². The monoisotopic (exact) mass is 428 g/mol. The average molecular weight is 429 g/mol. The van der Waals surface area contributed by atoms with Gasteiger partial charge in [-0.15, -0.1) is 0 Å². The van der Waals surface area contributed by atoms with Gasteiger partial charge in [0.2, 0.25) is 0 Å². The van der Waals surface area contributed by atoms with Crippen molar-refractivity contribution in [2.45, 2.75) is 78.1 Å². The fourth-order valence-electron chi connectivity index (χ4n) is 4.46. The Balaban J connectivity index is 1.66. The standard InChI is InChI=1S/C31H40O/c1-3-5-6-8-11-25-13-16-28(17-14-25)29-18-20-30(21-19-29)31-22-15-26(24-27(31)4-2)12-9-7-10-23-32/h13-22,24,32H,3-12,23H2,1-2H3. The maximum Gasteiger partial charge on any atom is 0.0431 e. The van der Waals surface area contributed by atoms with Crippen molar-refractivity contribution in [2.75, 3.05) is 6.61 Å². The second kappa shape index (κ2) is 13.2. The van der Waals surface area contributed by atoms with Gasteiger partial charge in [0.1, 0.15) is 0 Å². The zero-order valence-electron chi connectivity index (χ0n) is 20.1. The maximum atomic E-state index is 8.96. The van der Waals surface area contributed by atoms with Crippen molar-refractivity contribution in [3.05, 3.63) is 83.4 Å². The molecule has 3 aromatic carbocycles. The lowest BCUT2D eigenvalue weighted by atomic mass is 9.93. The molecular weight excluding hydrogens is 388 g/mol. The molecule has 0 heterocycles. The van der Waals surface area contributed by atoms with Crippen LogP contribution in [0.25, 0.3) is 22.3 Å². The Morgan fingerprint density at radius 1 is 0.562 bits per heavy atom. The van der Waals surface area contributed by atoms with Crippen LogP contribution in [0.3, 0.4) is 0 Å². The highest BCUT2D eigenvalue weighted by molar-refractivity contribution is 5.72. The van der Waals surface area contributed by atoms with Crippen LogP contribution >= 0.6 is 0 Å². The average Bonchev–Trinajstić information content (AvgIpc) is 2.85. The molecule has 0 aliphatic rings.